The molecule has 0 aromatic carbocycles. The van der Waals surface area contributed by atoms with E-state index >= 15 is 0 Å². The lowest BCUT2D eigenvalue weighted by molar-refractivity contribution is -0.384. The largest absolute Gasteiger partial charge is 0.364 e. The Hall–Kier alpha value is -1.21. The molecule has 0 amide bonds. The number of likely N-dealkylation sites (tertiary alicyclic amines) is 1. The molecular formula is C13H19BrN4O2. The van der Waals surface area contributed by atoms with Crippen LogP contribution in [0.15, 0.2) is 16.7 Å². The van der Waals surface area contributed by atoms with Gasteiger partial charge in [-0.05, 0) is 47.8 Å². The second-order valence-corrected chi connectivity index (χ2v) is 5.98. The molecule has 1 atom stereocenters. The quantitative estimate of drug-likeness (QED) is 0.657. The van der Waals surface area contributed by atoms with E-state index in [0.717, 1.165) is 32.6 Å². The van der Waals surface area contributed by atoms with Gasteiger partial charge in [0, 0.05) is 29.8 Å². The van der Waals surface area contributed by atoms with Crippen molar-refractivity contribution in [3.63, 3.8) is 0 Å². The summed E-state index contributed by atoms with van der Waals surface area (Å²) in [5.74, 6) is 0.876. The summed E-state index contributed by atoms with van der Waals surface area (Å²) >= 11 is 3.21. The van der Waals surface area contributed by atoms with E-state index < -0.39 is 4.92 Å². The zero-order valence-corrected chi connectivity index (χ0v) is 13.1. The third-order valence-electron chi connectivity index (χ3n) is 3.64. The summed E-state index contributed by atoms with van der Waals surface area (Å²) in [6.45, 7) is 6.16. The maximum Gasteiger partial charge on any atom is 0.312 e. The second kappa shape index (κ2) is 6.99. The minimum atomic E-state index is -0.403. The molecule has 2 rings (SSSR count). The maximum absolute atomic E-state index is 11.0. The smallest absolute Gasteiger partial charge is 0.312 e. The molecule has 0 saturated carbocycles. The van der Waals surface area contributed by atoms with Crippen molar-refractivity contribution in [3.05, 3.63) is 26.9 Å². The van der Waals surface area contributed by atoms with Crippen molar-refractivity contribution < 1.29 is 4.92 Å². The van der Waals surface area contributed by atoms with Crippen molar-refractivity contribution in [1.82, 2.24) is 9.88 Å². The van der Waals surface area contributed by atoms with Gasteiger partial charge in [-0.2, -0.15) is 0 Å². The number of nitrogens with one attached hydrogen (secondary N) is 1. The fraction of sp³-hybridized carbons (Fsp3) is 0.615. The molecule has 1 aromatic heterocycles. The number of anilines is 1. The number of hydrogen-bond acceptors (Lipinski definition) is 5. The molecule has 6 nitrogen and oxygen atoms in total. The molecule has 1 aliphatic heterocycles. The maximum atomic E-state index is 11.0. The van der Waals surface area contributed by atoms with E-state index in [0.29, 0.717) is 16.2 Å². The van der Waals surface area contributed by atoms with Crippen molar-refractivity contribution in [1.29, 1.82) is 0 Å². The van der Waals surface area contributed by atoms with Gasteiger partial charge < -0.3 is 10.2 Å². The first-order chi connectivity index (χ1) is 9.60. The number of nitrogens with zero attached hydrogens (tertiary/aromatic N) is 3. The highest BCUT2D eigenvalue weighted by Gasteiger charge is 2.21. The molecular weight excluding hydrogens is 324 g/mol. The van der Waals surface area contributed by atoms with Crippen molar-refractivity contribution in [2.75, 3.05) is 31.5 Å². The highest BCUT2D eigenvalue weighted by atomic mass is 79.9. The molecule has 20 heavy (non-hydrogen) atoms. The number of aromatic nitrogens is 1. The zero-order chi connectivity index (χ0) is 14.5. The van der Waals surface area contributed by atoms with Crippen LogP contribution in [0.5, 0.6) is 0 Å². The summed E-state index contributed by atoms with van der Waals surface area (Å²) in [6.07, 6.45) is 3.93. The lowest BCUT2D eigenvalue weighted by Crippen LogP contribution is -2.37. The Morgan fingerprint density at radius 2 is 2.45 bits per heavy atom. The third kappa shape index (κ3) is 3.89. The molecule has 1 aromatic rings. The van der Waals surface area contributed by atoms with Gasteiger partial charge in [0.05, 0.1) is 4.92 Å². The van der Waals surface area contributed by atoms with Gasteiger partial charge in [0.2, 0.25) is 5.82 Å². The Morgan fingerprint density at radius 3 is 3.15 bits per heavy atom. The van der Waals surface area contributed by atoms with E-state index in [9.17, 15) is 10.1 Å². The molecule has 0 bridgehead atoms. The number of rotatable bonds is 5. The predicted octanol–water partition coefficient (Wildman–Crippen LogP) is 2.90. The van der Waals surface area contributed by atoms with Gasteiger partial charge in [-0.1, -0.05) is 6.92 Å². The number of pyridine rings is 1. The van der Waals surface area contributed by atoms with Crippen molar-refractivity contribution in [2.24, 2.45) is 5.92 Å². The Labute approximate surface area is 126 Å². The van der Waals surface area contributed by atoms with Crippen LogP contribution in [0, 0.1) is 16.0 Å². The first-order valence-corrected chi connectivity index (χ1v) is 7.65. The fourth-order valence-corrected chi connectivity index (χ4v) is 2.87. The van der Waals surface area contributed by atoms with Crippen molar-refractivity contribution in [3.8, 4) is 0 Å². The summed E-state index contributed by atoms with van der Waals surface area (Å²) < 4.78 is 0.615. The standard InChI is InChI=1S/C13H19BrN4O2/c1-2-17-5-3-4-10(9-17)7-15-13-12(18(19)20)6-11(14)8-16-13/h6,8,10H,2-5,7,9H2,1H3,(H,15,16)/t10-/m0/s1. The van der Waals surface area contributed by atoms with Gasteiger partial charge in [-0.3, -0.25) is 10.1 Å². The lowest BCUT2D eigenvalue weighted by atomic mass is 9.98. The molecule has 1 aliphatic rings. The van der Waals surface area contributed by atoms with E-state index in [1.165, 1.54) is 12.5 Å². The van der Waals surface area contributed by atoms with Crippen LogP contribution in [0.2, 0.25) is 0 Å². The lowest BCUT2D eigenvalue weighted by Gasteiger charge is -2.31. The van der Waals surface area contributed by atoms with Crippen molar-refractivity contribution >= 4 is 27.4 Å². The van der Waals surface area contributed by atoms with Gasteiger partial charge >= 0.3 is 5.69 Å². The first kappa shape index (κ1) is 15.2. The van der Waals surface area contributed by atoms with E-state index in [2.05, 4.69) is 38.1 Å². The predicted molar refractivity (Wildman–Crippen MR) is 81.9 cm³/mol. The van der Waals surface area contributed by atoms with Crippen LogP contribution >= 0.6 is 15.9 Å². The first-order valence-electron chi connectivity index (χ1n) is 6.86. The van der Waals surface area contributed by atoms with Gasteiger partial charge in [0.15, 0.2) is 0 Å². The van der Waals surface area contributed by atoms with Gasteiger partial charge in [0.25, 0.3) is 0 Å². The van der Waals surface area contributed by atoms with Gasteiger partial charge in [-0.15, -0.1) is 0 Å². The molecule has 7 heteroatoms. The molecule has 1 saturated heterocycles. The van der Waals surface area contributed by atoms with Crippen LogP contribution in [-0.2, 0) is 0 Å². The minimum Gasteiger partial charge on any atom is -0.364 e. The summed E-state index contributed by atoms with van der Waals surface area (Å²) in [6, 6.07) is 1.48. The van der Waals surface area contributed by atoms with Crippen LogP contribution < -0.4 is 5.32 Å². The highest BCUT2D eigenvalue weighted by molar-refractivity contribution is 9.10. The number of piperidine rings is 1. The third-order valence-corrected chi connectivity index (χ3v) is 4.07. The molecule has 2 heterocycles. The highest BCUT2D eigenvalue weighted by Crippen LogP contribution is 2.26. The normalized spacial score (nSPS) is 19.8. The zero-order valence-electron chi connectivity index (χ0n) is 11.5. The summed E-state index contributed by atoms with van der Waals surface area (Å²) in [5, 5.41) is 14.2. The fourth-order valence-electron chi connectivity index (χ4n) is 2.55. The Balaban J connectivity index is 1.98. The average molecular weight is 343 g/mol. The average Bonchev–Trinajstić information content (AvgIpc) is 2.46. The molecule has 0 unspecified atom stereocenters. The number of nitro groups is 1. The van der Waals surface area contributed by atoms with Crippen LogP contribution in [0.1, 0.15) is 19.8 Å². The molecule has 1 N–H and O–H groups in total. The Morgan fingerprint density at radius 1 is 1.65 bits per heavy atom. The van der Waals surface area contributed by atoms with E-state index in [1.54, 1.807) is 6.20 Å². The molecule has 0 radical (unpaired) electrons. The summed E-state index contributed by atoms with van der Waals surface area (Å²) in [4.78, 5) is 17.1. The van der Waals surface area contributed by atoms with E-state index in [-0.39, 0.29) is 5.69 Å². The van der Waals surface area contributed by atoms with Gasteiger partial charge in [-0.25, -0.2) is 4.98 Å². The van der Waals surface area contributed by atoms with Crippen LogP contribution in [0.25, 0.3) is 0 Å². The van der Waals surface area contributed by atoms with Gasteiger partial charge in [0.1, 0.15) is 0 Å². The SMILES string of the molecule is CCN1CCC[C@@H](CNc2ncc(Br)cc2[N+](=O)[O-])C1. The van der Waals surface area contributed by atoms with Crippen LogP contribution in [-0.4, -0.2) is 41.0 Å². The second-order valence-electron chi connectivity index (χ2n) is 5.06. The molecule has 0 spiro atoms. The van der Waals surface area contributed by atoms with E-state index in [1.807, 2.05) is 0 Å². The van der Waals surface area contributed by atoms with Crippen LogP contribution in [0.4, 0.5) is 11.5 Å². The van der Waals surface area contributed by atoms with Crippen molar-refractivity contribution in [2.45, 2.75) is 19.8 Å². The Bertz CT molecular complexity index is 483. The van der Waals surface area contributed by atoms with E-state index in [4.69, 9.17) is 0 Å². The summed E-state index contributed by atoms with van der Waals surface area (Å²) in [5.41, 5.74) is 0.0162. The molecule has 0 aliphatic carbocycles. The number of hydrogen-bond donors (Lipinski definition) is 1. The van der Waals surface area contributed by atoms with Crippen LogP contribution in [0.3, 0.4) is 0 Å². The molecule has 110 valence electrons. The monoisotopic (exact) mass is 342 g/mol. The molecule has 1 fully saturated rings. The Kier molecular flexibility index (Phi) is 5.31. The minimum absolute atomic E-state index is 0.0162. The topological polar surface area (TPSA) is 71.3 Å². The number of halogens is 1. The summed E-state index contributed by atoms with van der Waals surface area (Å²) in [7, 11) is 0.